The van der Waals surface area contributed by atoms with Crippen LogP contribution < -0.4 is 4.74 Å². The number of rotatable bonds is 3. The first-order valence-corrected chi connectivity index (χ1v) is 5.41. The van der Waals surface area contributed by atoms with Crippen LogP contribution in [0.2, 0.25) is 0 Å². The predicted molar refractivity (Wildman–Crippen MR) is 61.4 cm³/mol. The summed E-state index contributed by atoms with van der Waals surface area (Å²) in [6.45, 7) is 4.01. The van der Waals surface area contributed by atoms with E-state index < -0.39 is 0 Å². The molecule has 1 aromatic rings. The molecule has 0 fully saturated rings. The Morgan fingerprint density at radius 3 is 2.67 bits per heavy atom. The lowest BCUT2D eigenvalue weighted by Crippen LogP contribution is -2.07. The first-order valence-electron chi connectivity index (χ1n) is 4.62. The largest absolute Gasteiger partial charge is 0.496 e. The van der Waals surface area contributed by atoms with Crippen molar-refractivity contribution in [3.05, 3.63) is 27.7 Å². The second-order valence-corrected chi connectivity index (χ2v) is 3.77. The molecule has 0 N–H and O–H groups in total. The highest BCUT2D eigenvalue weighted by Crippen LogP contribution is 2.30. The molecule has 0 aromatic heterocycles. The van der Waals surface area contributed by atoms with Gasteiger partial charge in [-0.1, -0.05) is 0 Å². The Kier molecular flexibility index (Phi) is 4.15. The van der Waals surface area contributed by atoms with E-state index >= 15 is 0 Å². The minimum absolute atomic E-state index is 0.307. The predicted octanol–water partition coefficient (Wildman–Crippen LogP) is 2.94. The van der Waals surface area contributed by atoms with Gasteiger partial charge >= 0.3 is 5.97 Å². The Balaban J connectivity index is 3.11. The van der Waals surface area contributed by atoms with E-state index in [2.05, 4.69) is 15.9 Å². The number of halogens is 1. The van der Waals surface area contributed by atoms with E-state index in [-0.39, 0.29) is 5.97 Å². The van der Waals surface area contributed by atoms with E-state index in [1.807, 2.05) is 6.92 Å². The third-order valence-corrected chi connectivity index (χ3v) is 3.05. The van der Waals surface area contributed by atoms with Crippen molar-refractivity contribution >= 4 is 21.9 Å². The van der Waals surface area contributed by atoms with Gasteiger partial charge < -0.3 is 9.47 Å². The number of hydrogen-bond acceptors (Lipinski definition) is 3. The van der Waals surface area contributed by atoms with Crippen LogP contribution in [0.3, 0.4) is 0 Å². The van der Waals surface area contributed by atoms with Crippen LogP contribution in [0.15, 0.2) is 16.6 Å². The van der Waals surface area contributed by atoms with Crippen molar-refractivity contribution in [3.8, 4) is 5.75 Å². The van der Waals surface area contributed by atoms with Crippen LogP contribution in [0.25, 0.3) is 0 Å². The van der Waals surface area contributed by atoms with E-state index in [4.69, 9.17) is 9.47 Å². The van der Waals surface area contributed by atoms with Crippen molar-refractivity contribution in [1.29, 1.82) is 0 Å². The monoisotopic (exact) mass is 272 g/mol. The van der Waals surface area contributed by atoms with Crippen molar-refractivity contribution < 1.29 is 14.3 Å². The molecule has 0 saturated heterocycles. The molecule has 4 heteroatoms. The van der Waals surface area contributed by atoms with Crippen molar-refractivity contribution in [3.63, 3.8) is 0 Å². The molecule has 0 saturated carbocycles. The molecule has 0 aliphatic heterocycles. The van der Waals surface area contributed by atoms with E-state index in [1.165, 1.54) is 0 Å². The van der Waals surface area contributed by atoms with Crippen LogP contribution in [0.5, 0.6) is 5.75 Å². The van der Waals surface area contributed by atoms with Crippen molar-refractivity contribution in [2.75, 3.05) is 13.7 Å². The summed E-state index contributed by atoms with van der Waals surface area (Å²) in [4.78, 5) is 11.5. The van der Waals surface area contributed by atoms with Gasteiger partial charge in [-0.15, -0.1) is 0 Å². The molecule has 3 nitrogen and oxygen atoms in total. The second kappa shape index (κ2) is 5.16. The normalized spacial score (nSPS) is 9.87. The average Bonchev–Trinajstić information content (AvgIpc) is 2.22. The Bertz CT molecular complexity index is 374. The van der Waals surface area contributed by atoms with Gasteiger partial charge in [0.15, 0.2) is 0 Å². The molecule has 0 unspecified atom stereocenters. The zero-order chi connectivity index (χ0) is 11.4. The van der Waals surface area contributed by atoms with Crippen LogP contribution in [-0.2, 0) is 4.74 Å². The molecule has 0 amide bonds. The van der Waals surface area contributed by atoms with Gasteiger partial charge in [0.25, 0.3) is 0 Å². The maximum Gasteiger partial charge on any atom is 0.338 e. The third-order valence-electron chi connectivity index (χ3n) is 2.07. The molecule has 0 heterocycles. The third kappa shape index (κ3) is 2.50. The second-order valence-electron chi connectivity index (χ2n) is 2.97. The summed E-state index contributed by atoms with van der Waals surface area (Å²) in [6, 6.07) is 3.44. The zero-order valence-electron chi connectivity index (χ0n) is 8.96. The molecule has 0 radical (unpaired) electrons. The SMILES string of the molecule is CCOC(=O)c1ccc(OC)c(Br)c1C. The lowest BCUT2D eigenvalue weighted by molar-refractivity contribution is 0.0525. The molecule has 0 atom stereocenters. The number of esters is 1. The first kappa shape index (κ1) is 12.0. The number of benzene rings is 1. The molecule has 0 spiro atoms. The van der Waals surface area contributed by atoms with Crippen LogP contribution in [0, 0.1) is 6.92 Å². The fourth-order valence-corrected chi connectivity index (χ4v) is 1.76. The van der Waals surface area contributed by atoms with Crippen molar-refractivity contribution in [1.82, 2.24) is 0 Å². The van der Waals surface area contributed by atoms with Crippen LogP contribution >= 0.6 is 15.9 Å². The van der Waals surface area contributed by atoms with Crippen molar-refractivity contribution in [2.24, 2.45) is 0 Å². The minimum atomic E-state index is -0.307. The zero-order valence-corrected chi connectivity index (χ0v) is 10.6. The Labute approximate surface area is 97.5 Å². The van der Waals surface area contributed by atoms with Gasteiger partial charge in [0.1, 0.15) is 5.75 Å². The molecule has 1 aromatic carbocycles. The van der Waals surface area contributed by atoms with E-state index in [1.54, 1.807) is 26.2 Å². The maximum atomic E-state index is 11.5. The summed E-state index contributed by atoms with van der Waals surface area (Å²) < 4.78 is 10.8. The van der Waals surface area contributed by atoms with E-state index in [0.29, 0.717) is 17.9 Å². The van der Waals surface area contributed by atoms with E-state index in [0.717, 1.165) is 10.0 Å². The van der Waals surface area contributed by atoms with Crippen molar-refractivity contribution in [2.45, 2.75) is 13.8 Å². The standard InChI is InChI=1S/C11H13BrO3/c1-4-15-11(13)8-5-6-9(14-3)10(12)7(8)2/h5-6H,4H2,1-3H3. The van der Waals surface area contributed by atoms with Gasteiger partial charge in [-0.25, -0.2) is 4.79 Å². The summed E-state index contributed by atoms with van der Waals surface area (Å²) in [7, 11) is 1.59. The van der Waals surface area contributed by atoms with Crippen LogP contribution in [-0.4, -0.2) is 19.7 Å². The Morgan fingerprint density at radius 1 is 1.47 bits per heavy atom. The number of methoxy groups -OCH3 is 1. The summed E-state index contributed by atoms with van der Waals surface area (Å²) in [5, 5.41) is 0. The first-order chi connectivity index (χ1) is 7.11. The minimum Gasteiger partial charge on any atom is -0.496 e. The van der Waals surface area contributed by atoms with Gasteiger partial charge in [-0.3, -0.25) is 0 Å². The summed E-state index contributed by atoms with van der Waals surface area (Å²) >= 11 is 3.38. The molecule has 15 heavy (non-hydrogen) atoms. The van der Waals surface area contributed by atoms with Gasteiger partial charge in [0.2, 0.25) is 0 Å². The summed E-state index contributed by atoms with van der Waals surface area (Å²) in [5.41, 5.74) is 1.39. The molecular formula is C11H13BrO3. The highest BCUT2D eigenvalue weighted by molar-refractivity contribution is 9.10. The topological polar surface area (TPSA) is 35.5 Å². The number of ether oxygens (including phenoxy) is 2. The maximum absolute atomic E-state index is 11.5. The molecular weight excluding hydrogens is 260 g/mol. The summed E-state index contributed by atoms with van der Waals surface area (Å²) in [6.07, 6.45) is 0. The summed E-state index contributed by atoms with van der Waals surface area (Å²) in [5.74, 6) is 0.402. The van der Waals surface area contributed by atoms with E-state index in [9.17, 15) is 4.79 Å². The van der Waals surface area contributed by atoms with Gasteiger partial charge in [0.05, 0.1) is 23.8 Å². The Morgan fingerprint density at radius 2 is 2.13 bits per heavy atom. The van der Waals surface area contributed by atoms with Gasteiger partial charge in [0, 0.05) is 0 Å². The van der Waals surface area contributed by atoms with Crippen LogP contribution in [0.1, 0.15) is 22.8 Å². The molecule has 1 rings (SSSR count). The van der Waals surface area contributed by atoms with Gasteiger partial charge in [-0.05, 0) is 47.5 Å². The highest BCUT2D eigenvalue weighted by atomic mass is 79.9. The number of carbonyl (C=O) groups excluding carboxylic acids is 1. The lowest BCUT2D eigenvalue weighted by atomic mass is 10.1. The Hall–Kier alpha value is -1.03. The van der Waals surface area contributed by atoms with Crippen LogP contribution in [0.4, 0.5) is 0 Å². The van der Waals surface area contributed by atoms with Gasteiger partial charge in [-0.2, -0.15) is 0 Å². The molecule has 82 valence electrons. The highest BCUT2D eigenvalue weighted by Gasteiger charge is 2.14. The number of carbonyl (C=O) groups is 1. The average molecular weight is 273 g/mol. The molecule has 0 aliphatic carbocycles. The molecule has 0 aliphatic rings. The fraction of sp³-hybridized carbons (Fsp3) is 0.364. The molecule has 0 bridgehead atoms. The smallest absolute Gasteiger partial charge is 0.338 e. The lowest BCUT2D eigenvalue weighted by Gasteiger charge is -2.10. The number of hydrogen-bond donors (Lipinski definition) is 0. The fourth-order valence-electron chi connectivity index (χ4n) is 1.25. The quantitative estimate of drug-likeness (QED) is 0.794.